The summed E-state index contributed by atoms with van der Waals surface area (Å²) in [6, 6.07) is 3.22. The van der Waals surface area contributed by atoms with Crippen molar-refractivity contribution < 1.29 is 34.0 Å². The van der Waals surface area contributed by atoms with Gasteiger partial charge in [0.2, 0.25) is 5.91 Å². The van der Waals surface area contributed by atoms with E-state index in [0.717, 1.165) is 12.8 Å². The van der Waals surface area contributed by atoms with Gasteiger partial charge in [-0.3, -0.25) is 4.79 Å². The van der Waals surface area contributed by atoms with Crippen LogP contribution in [0.5, 0.6) is 11.5 Å². The second-order valence-electron chi connectivity index (χ2n) is 9.21. The van der Waals surface area contributed by atoms with E-state index in [0.29, 0.717) is 41.5 Å². The van der Waals surface area contributed by atoms with Crippen molar-refractivity contribution in [2.75, 3.05) is 26.3 Å². The van der Waals surface area contributed by atoms with E-state index in [-0.39, 0.29) is 38.9 Å². The quantitative estimate of drug-likeness (QED) is 0.349. The Bertz CT molecular complexity index is 771. The first kappa shape index (κ1) is 26.7. The van der Waals surface area contributed by atoms with Crippen molar-refractivity contribution in [1.82, 2.24) is 10.6 Å². The summed E-state index contributed by atoms with van der Waals surface area (Å²) < 4.78 is 16.7. The highest BCUT2D eigenvalue weighted by molar-refractivity contribution is 5.76. The SMILES string of the molecule is CC(C)(C)OC(=O)NCCOc1cc(CO)c(CO)cc1OCCNC(=O)CC1CCCC1. The van der Waals surface area contributed by atoms with Crippen molar-refractivity contribution in [2.45, 2.75) is 71.7 Å². The van der Waals surface area contributed by atoms with Gasteiger partial charge in [-0.1, -0.05) is 12.8 Å². The summed E-state index contributed by atoms with van der Waals surface area (Å²) in [7, 11) is 0. The zero-order valence-corrected chi connectivity index (χ0v) is 19.9. The van der Waals surface area contributed by atoms with E-state index in [2.05, 4.69) is 10.6 Å². The maximum atomic E-state index is 12.1. The van der Waals surface area contributed by atoms with E-state index in [1.54, 1.807) is 32.9 Å². The lowest BCUT2D eigenvalue weighted by Gasteiger charge is -2.20. The summed E-state index contributed by atoms with van der Waals surface area (Å²) in [5.41, 5.74) is 0.455. The molecule has 0 heterocycles. The first-order valence-electron chi connectivity index (χ1n) is 11.6. The van der Waals surface area contributed by atoms with Gasteiger partial charge in [-0.25, -0.2) is 4.79 Å². The largest absolute Gasteiger partial charge is 0.488 e. The molecule has 2 amide bonds. The van der Waals surface area contributed by atoms with Gasteiger partial charge in [-0.2, -0.15) is 0 Å². The Morgan fingerprint density at radius 3 is 1.94 bits per heavy atom. The number of aliphatic hydroxyl groups is 2. The highest BCUT2D eigenvalue weighted by Crippen LogP contribution is 2.31. The predicted molar refractivity (Wildman–Crippen MR) is 123 cm³/mol. The Kier molecular flexibility index (Phi) is 10.7. The predicted octanol–water partition coefficient (Wildman–Crippen LogP) is 2.65. The van der Waals surface area contributed by atoms with Crippen LogP contribution in [-0.2, 0) is 22.7 Å². The second kappa shape index (κ2) is 13.3. The molecular weight excluding hydrogens is 428 g/mol. The topological polar surface area (TPSA) is 126 Å². The minimum Gasteiger partial charge on any atom is -0.488 e. The molecule has 9 heteroatoms. The van der Waals surface area contributed by atoms with Gasteiger partial charge in [0.25, 0.3) is 0 Å². The zero-order chi connectivity index (χ0) is 24.3. The average molecular weight is 467 g/mol. The second-order valence-corrected chi connectivity index (χ2v) is 9.21. The van der Waals surface area contributed by atoms with Gasteiger partial charge in [0.1, 0.15) is 18.8 Å². The van der Waals surface area contributed by atoms with Gasteiger partial charge < -0.3 is 35.1 Å². The lowest BCUT2D eigenvalue weighted by Crippen LogP contribution is -2.34. The van der Waals surface area contributed by atoms with Crippen molar-refractivity contribution in [1.29, 1.82) is 0 Å². The van der Waals surface area contributed by atoms with Crippen LogP contribution in [0, 0.1) is 5.92 Å². The number of rotatable bonds is 12. The number of alkyl carbamates (subject to hydrolysis) is 1. The van der Waals surface area contributed by atoms with E-state index in [4.69, 9.17) is 14.2 Å². The average Bonchev–Trinajstić information content (AvgIpc) is 3.26. The van der Waals surface area contributed by atoms with Crippen LogP contribution < -0.4 is 20.1 Å². The molecule has 1 aliphatic rings. The summed E-state index contributed by atoms with van der Waals surface area (Å²) >= 11 is 0. The number of amides is 2. The summed E-state index contributed by atoms with van der Waals surface area (Å²) in [4.78, 5) is 23.8. The zero-order valence-electron chi connectivity index (χ0n) is 19.9. The molecule has 0 aromatic heterocycles. The summed E-state index contributed by atoms with van der Waals surface area (Å²) in [5.74, 6) is 1.28. The molecule has 1 aliphatic carbocycles. The molecule has 1 fully saturated rings. The Hall–Kier alpha value is -2.52. The molecule has 4 N–H and O–H groups in total. The van der Waals surface area contributed by atoms with Gasteiger partial charge >= 0.3 is 6.09 Å². The third kappa shape index (κ3) is 9.88. The summed E-state index contributed by atoms with van der Waals surface area (Å²) in [6.45, 7) is 5.76. The summed E-state index contributed by atoms with van der Waals surface area (Å²) in [6.07, 6.45) is 4.66. The van der Waals surface area contributed by atoms with Crippen molar-refractivity contribution in [3.63, 3.8) is 0 Å². The van der Waals surface area contributed by atoms with E-state index < -0.39 is 11.7 Å². The lowest BCUT2D eigenvalue weighted by molar-refractivity contribution is -0.122. The van der Waals surface area contributed by atoms with Gasteiger partial charge in [0, 0.05) is 6.42 Å². The van der Waals surface area contributed by atoms with E-state index in [9.17, 15) is 19.8 Å². The Balaban J connectivity index is 1.86. The first-order valence-corrected chi connectivity index (χ1v) is 11.6. The number of benzene rings is 1. The molecule has 0 atom stereocenters. The molecule has 0 unspecified atom stereocenters. The Morgan fingerprint density at radius 1 is 0.939 bits per heavy atom. The number of hydrogen-bond donors (Lipinski definition) is 4. The molecule has 1 aromatic rings. The Morgan fingerprint density at radius 2 is 1.45 bits per heavy atom. The lowest BCUT2D eigenvalue weighted by atomic mass is 10.0. The van der Waals surface area contributed by atoms with Gasteiger partial charge in [-0.15, -0.1) is 0 Å². The van der Waals surface area contributed by atoms with Crippen LogP contribution in [0.15, 0.2) is 12.1 Å². The van der Waals surface area contributed by atoms with Crippen LogP contribution in [0.25, 0.3) is 0 Å². The minimum atomic E-state index is -0.589. The van der Waals surface area contributed by atoms with Crippen molar-refractivity contribution in [2.24, 2.45) is 5.92 Å². The third-order valence-corrected chi connectivity index (χ3v) is 5.27. The van der Waals surface area contributed by atoms with Crippen molar-refractivity contribution in [3.05, 3.63) is 23.3 Å². The highest BCUT2D eigenvalue weighted by atomic mass is 16.6. The monoisotopic (exact) mass is 466 g/mol. The highest BCUT2D eigenvalue weighted by Gasteiger charge is 2.19. The molecule has 0 saturated heterocycles. The number of carbonyl (C=O) groups is 2. The fourth-order valence-electron chi connectivity index (χ4n) is 3.69. The number of aliphatic hydroxyl groups excluding tert-OH is 2. The molecular formula is C24H38N2O7. The van der Waals surface area contributed by atoms with Gasteiger partial charge in [0.05, 0.1) is 26.3 Å². The number of hydrogen-bond acceptors (Lipinski definition) is 7. The van der Waals surface area contributed by atoms with E-state index in [1.165, 1.54) is 12.8 Å². The summed E-state index contributed by atoms with van der Waals surface area (Å²) in [5, 5.41) is 24.7. The van der Waals surface area contributed by atoms with E-state index >= 15 is 0 Å². The van der Waals surface area contributed by atoms with Crippen molar-refractivity contribution in [3.8, 4) is 11.5 Å². The fraction of sp³-hybridized carbons (Fsp3) is 0.667. The molecule has 186 valence electrons. The van der Waals surface area contributed by atoms with Crippen LogP contribution in [0.3, 0.4) is 0 Å². The molecule has 0 radical (unpaired) electrons. The van der Waals surface area contributed by atoms with Crippen LogP contribution in [0.4, 0.5) is 4.79 Å². The molecule has 0 spiro atoms. The fourth-order valence-corrected chi connectivity index (χ4v) is 3.69. The number of carbonyl (C=O) groups excluding carboxylic acids is 2. The van der Waals surface area contributed by atoms with Crippen LogP contribution in [0.1, 0.15) is 64.0 Å². The molecule has 33 heavy (non-hydrogen) atoms. The Labute approximate surface area is 195 Å². The van der Waals surface area contributed by atoms with Gasteiger partial charge in [0.15, 0.2) is 11.5 Å². The first-order chi connectivity index (χ1) is 15.7. The standard InChI is InChI=1S/C24H38N2O7/c1-24(2,3)33-23(30)26-9-11-32-21-14-19(16-28)18(15-27)13-20(21)31-10-8-25-22(29)12-17-6-4-5-7-17/h13-14,17,27-28H,4-12,15-16H2,1-3H3,(H,25,29)(H,26,30). The molecule has 9 nitrogen and oxygen atoms in total. The molecule has 0 aliphatic heterocycles. The van der Waals surface area contributed by atoms with Crippen LogP contribution >= 0.6 is 0 Å². The third-order valence-electron chi connectivity index (χ3n) is 5.27. The number of nitrogens with one attached hydrogen (secondary N) is 2. The van der Waals surface area contributed by atoms with E-state index in [1.807, 2.05) is 0 Å². The van der Waals surface area contributed by atoms with Crippen molar-refractivity contribution >= 4 is 12.0 Å². The molecule has 1 saturated carbocycles. The smallest absolute Gasteiger partial charge is 0.407 e. The normalized spacial score (nSPS) is 14.1. The maximum Gasteiger partial charge on any atom is 0.407 e. The molecule has 1 aromatic carbocycles. The van der Waals surface area contributed by atoms with Gasteiger partial charge in [-0.05, 0) is 62.8 Å². The maximum absolute atomic E-state index is 12.1. The van der Waals surface area contributed by atoms with Crippen LogP contribution in [-0.4, -0.2) is 54.1 Å². The van der Waals surface area contributed by atoms with Crippen LogP contribution in [0.2, 0.25) is 0 Å². The number of ether oxygens (including phenoxy) is 3. The molecule has 2 rings (SSSR count). The minimum absolute atomic E-state index is 0.0295. The molecule has 0 bridgehead atoms.